The molecule has 0 fully saturated rings. The highest BCUT2D eigenvalue weighted by molar-refractivity contribution is 7.84. The van der Waals surface area contributed by atoms with E-state index in [1.807, 2.05) is 42.5 Å². The minimum atomic E-state index is -1.01. The van der Waals surface area contributed by atoms with Gasteiger partial charge in [-0.3, -0.25) is 4.21 Å². The topological polar surface area (TPSA) is 61.3 Å². The number of benzene rings is 2. The Hall–Kier alpha value is -2.47. The van der Waals surface area contributed by atoms with Crippen molar-refractivity contribution < 1.29 is 13.7 Å². The van der Waals surface area contributed by atoms with Crippen LogP contribution in [-0.4, -0.2) is 27.5 Å². The van der Waals surface area contributed by atoms with Gasteiger partial charge in [-0.25, -0.2) is 9.97 Å². The van der Waals surface area contributed by atoms with Crippen LogP contribution in [0.2, 0.25) is 0 Å². The summed E-state index contributed by atoms with van der Waals surface area (Å²) < 4.78 is 22.6. The standard InChI is InChI=1S/C17H16N2O3S/c1-21-13-6-7-15-16(9-13)18-11-19-17(15)22-10-12-4-3-5-14(8-12)23(2)20/h3-9,11H,10H2,1-2H3. The Balaban J connectivity index is 1.84. The zero-order valence-corrected chi connectivity index (χ0v) is 13.7. The first-order valence-corrected chi connectivity index (χ1v) is 8.57. The van der Waals surface area contributed by atoms with E-state index in [0.717, 1.165) is 27.1 Å². The minimum Gasteiger partial charge on any atom is -0.497 e. The number of aromatic nitrogens is 2. The van der Waals surface area contributed by atoms with Crippen molar-refractivity contribution in [3.8, 4) is 11.6 Å². The maximum Gasteiger partial charge on any atom is 0.224 e. The van der Waals surface area contributed by atoms with Crippen LogP contribution in [0.1, 0.15) is 5.56 Å². The van der Waals surface area contributed by atoms with Crippen molar-refractivity contribution in [1.82, 2.24) is 9.97 Å². The van der Waals surface area contributed by atoms with Gasteiger partial charge in [0.25, 0.3) is 0 Å². The molecule has 0 N–H and O–H groups in total. The second-order valence-electron chi connectivity index (χ2n) is 4.95. The molecular weight excluding hydrogens is 312 g/mol. The summed E-state index contributed by atoms with van der Waals surface area (Å²) in [6.07, 6.45) is 3.12. The number of methoxy groups -OCH3 is 1. The van der Waals surface area contributed by atoms with Gasteiger partial charge in [0.05, 0.1) is 18.0 Å². The van der Waals surface area contributed by atoms with Crippen LogP contribution in [0.4, 0.5) is 0 Å². The number of ether oxygens (including phenoxy) is 2. The molecule has 5 nitrogen and oxygen atoms in total. The number of hydrogen-bond acceptors (Lipinski definition) is 5. The van der Waals surface area contributed by atoms with Crippen LogP contribution in [0.25, 0.3) is 10.9 Å². The number of fused-ring (bicyclic) bond motifs is 1. The molecule has 1 aromatic heterocycles. The highest BCUT2D eigenvalue weighted by Gasteiger charge is 2.07. The fourth-order valence-electron chi connectivity index (χ4n) is 2.22. The van der Waals surface area contributed by atoms with Gasteiger partial charge in [-0.1, -0.05) is 12.1 Å². The summed E-state index contributed by atoms with van der Waals surface area (Å²) in [5.41, 5.74) is 1.70. The lowest BCUT2D eigenvalue weighted by molar-refractivity contribution is 0.297. The van der Waals surface area contributed by atoms with Crippen LogP contribution >= 0.6 is 0 Å². The molecule has 0 aliphatic rings. The average molecular weight is 328 g/mol. The highest BCUT2D eigenvalue weighted by Crippen LogP contribution is 2.25. The van der Waals surface area contributed by atoms with E-state index in [1.54, 1.807) is 13.4 Å². The van der Waals surface area contributed by atoms with Crippen LogP contribution in [-0.2, 0) is 17.4 Å². The lowest BCUT2D eigenvalue weighted by atomic mass is 10.2. The Morgan fingerprint density at radius 3 is 2.78 bits per heavy atom. The van der Waals surface area contributed by atoms with E-state index >= 15 is 0 Å². The third-order valence-corrected chi connectivity index (χ3v) is 4.33. The molecule has 118 valence electrons. The Kier molecular flexibility index (Phi) is 4.52. The smallest absolute Gasteiger partial charge is 0.224 e. The molecule has 2 aromatic carbocycles. The van der Waals surface area contributed by atoms with Crippen molar-refractivity contribution in [1.29, 1.82) is 0 Å². The van der Waals surface area contributed by atoms with E-state index in [1.165, 1.54) is 6.33 Å². The van der Waals surface area contributed by atoms with Crippen LogP contribution in [0.15, 0.2) is 53.7 Å². The van der Waals surface area contributed by atoms with E-state index < -0.39 is 10.8 Å². The summed E-state index contributed by atoms with van der Waals surface area (Å²) in [6, 6.07) is 13.1. The van der Waals surface area contributed by atoms with Gasteiger partial charge >= 0.3 is 0 Å². The molecule has 6 heteroatoms. The van der Waals surface area contributed by atoms with Crippen molar-refractivity contribution in [2.24, 2.45) is 0 Å². The third-order valence-electron chi connectivity index (χ3n) is 3.41. The molecule has 3 rings (SSSR count). The molecule has 0 amide bonds. The normalized spacial score (nSPS) is 12.1. The molecule has 3 aromatic rings. The minimum absolute atomic E-state index is 0.350. The SMILES string of the molecule is COc1ccc2c(OCc3cccc(S(C)=O)c3)ncnc2c1. The van der Waals surface area contributed by atoms with Gasteiger partial charge in [-0.15, -0.1) is 0 Å². The molecule has 0 aliphatic heterocycles. The zero-order chi connectivity index (χ0) is 16.2. The maximum atomic E-state index is 11.5. The molecule has 0 spiro atoms. The fraction of sp³-hybridized carbons (Fsp3) is 0.176. The summed E-state index contributed by atoms with van der Waals surface area (Å²) in [5.74, 6) is 1.25. The van der Waals surface area contributed by atoms with Crippen LogP contribution in [0.5, 0.6) is 11.6 Å². The van der Waals surface area contributed by atoms with Gasteiger partial charge in [-0.2, -0.15) is 0 Å². The monoisotopic (exact) mass is 328 g/mol. The van der Waals surface area contributed by atoms with Gasteiger partial charge < -0.3 is 9.47 Å². The van der Waals surface area contributed by atoms with E-state index in [0.29, 0.717) is 12.5 Å². The average Bonchev–Trinajstić information content (AvgIpc) is 2.59. The van der Waals surface area contributed by atoms with Crippen molar-refractivity contribution in [3.63, 3.8) is 0 Å². The summed E-state index contributed by atoms with van der Waals surface area (Å²) in [5, 5.41) is 0.823. The van der Waals surface area contributed by atoms with Crippen molar-refractivity contribution in [2.75, 3.05) is 13.4 Å². The second kappa shape index (κ2) is 6.75. The molecule has 23 heavy (non-hydrogen) atoms. The van der Waals surface area contributed by atoms with Crippen LogP contribution < -0.4 is 9.47 Å². The number of nitrogens with zero attached hydrogens (tertiary/aromatic N) is 2. The lowest BCUT2D eigenvalue weighted by Gasteiger charge is -2.09. The molecule has 1 atom stereocenters. The molecule has 1 unspecified atom stereocenters. The Morgan fingerprint density at radius 2 is 2.00 bits per heavy atom. The van der Waals surface area contributed by atoms with Gasteiger partial charge in [0.15, 0.2) is 0 Å². The van der Waals surface area contributed by atoms with Crippen molar-refractivity contribution >= 4 is 21.7 Å². The summed E-state index contributed by atoms with van der Waals surface area (Å²) in [6.45, 7) is 0.350. The van der Waals surface area contributed by atoms with E-state index in [4.69, 9.17) is 9.47 Å². The molecule has 0 saturated carbocycles. The predicted molar refractivity (Wildman–Crippen MR) is 89.2 cm³/mol. The third kappa shape index (κ3) is 3.48. The summed E-state index contributed by atoms with van der Waals surface area (Å²) in [7, 11) is 0.607. The second-order valence-corrected chi connectivity index (χ2v) is 6.33. The predicted octanol–water partition coefficient (Wildman–Crippen LogP) is 2.95. The zero-order valence-electron chi connectivity index (χ0n) is 12.9. The van der Waals surface area contributed by atoms with Gasteiger partial charge in [-0.05, 0) is 29.8 Å². The van der Waals surface area contributed by atoms with Crippen molar-refractivity contribution in [2.45, 2.75) is 11.5 Å². The molecule has 0 aliphatic carbocycles. The van der Waals surface area contributed by atoms with Gasteiger partial charge in [0.2, 0.25) is 5.88 Å². The largest absolute Gasteiger partial charge is 0.497 e. The quantitative estimate of drug-likeness (QED) is 0.720. The number of rotatable bonds is 5. The molecular formula is C17H16N2O3S. The first-order chi connectivity index (χ1) is 11.2. The number of hydrogen-bond donors (Lipinski definition) is 0. The fourth-order valence-corrected chi connectivity index (χ4v) is 2.81. The summed E-state index contributed by atoms with van der Waals surface area (Å²) in [4.78, 5) is 9.21. The molecule has 1 heterocycles. The van der Waals surface area contributed by atoms with E-state index in [9.17, 15) is 4.21 Å². The maximum absolute atomic E-state index is 11.5. The van der Waals surface area contributed by atoms with E-state index in [-0.39, 0.29) is 0 Å². The van der Waals surface area contributed by atoms with Gasteiger partial charge in [0.1, 0.15) is 18.7 Å². The summed E-state index contributed by atoms with van der Waals surface area (Å²) >= 11 is 0. The lowest BCUT2D eigenvalue weighted by Crippen LogP contribution is -2.00. The first-order valence-electron chi connectivity index (χ1n) is 7.01. The van der Waals surface area contributed by atoms with Crippen molar-refractivity contribution in [3.05, 3.63) is 54.4 Å². The Morgan fingerprint density at radius 1 is 1.13 bits per heavy atom. The Labute approximate surface area is 136 Å². The van der Waals surface area contributed by atoms with Crippen LogP contribution in [0, 0.1) is 0 Å². The highest BCUT2D eigenvalue weighted by atomic mass is 32.2. The molecule has 0 radical (unpaired) electrons. The molecule has 0 saturated heterocycles. The Bertz CT molecular complexity index is 867. The molecule has 0 bridgehead atoms. The first kappa shape index (κ1) is 15.4. The van der Waals surface area contributed by atoms with Gasteiger partial charge in [0, 0.05) is 28.0 Å². The van der Waals surface area contributed by atoms with E-state index in [2.05, 4.69) is 9.97 Å². The van der Waals surface area contributed by atoms with Crippen LogP contribution in [0.3, 0.4) is 0 Å².